The Kier molecular flexibility index (Phi) is 5.45. The number of hydrogen-bond acceptors (Lipinski definition) is 3. The Morgan fingerprint density at radius 2 is 2.00 bits per heavy atom. The third kappa shape index (κ3) is 4.16. The van der Waals surface area contributed by atoms with E-state index in [-0.39, 0.29) is 0 Å². The second-order valence-corrected chi connectivity index (χ2v) is 6.42. The Labute approximate surface area is 111 Å². The summed E-state index contributed by atoms with van der Waals surface area (Å²) in [5, 5.41) is 11.8. The summed E-state index contributed by atoms with van der Waals surface area (Å²) in [6, 6.07) is 1.03. The van der Waals surface area contributed by atoms with Gasteiger partial charge in [-0.1, -0.05) is 25.9 Å². The molecule has 0 aromatic rings. The number of oxime groups is 1. The maximum atomic E-state index is 8.68. The van der Waals surface area contributed by atoms with Crippen LogP contribution in [0.15, 0.2) is 5.16 Å². The average Bonchev–Trinajstić information content (AvgIpc) is 2.34. The van der Waals surface area contributed by atoms with Crippen LogP contribution in [-0.2, 0) is 0 Å². The Balaban J connectivity index is 2.54. The van der Waals surface area contributed by atoms with Gasteiger partial charge in [-0.25, -0.2) is 0 Å². The maximum Gasteiger partial charge on any atom is 0.140 e. The van der Waals surface area contributed by atoms with Gasteiger partial charge in [0, 0.05) is 18.5 Å². The molecule has 4 nitrogen and oxygen atoms in total. The lowest BCUT2D eigenvalue weighted by Crippen LogP contribution is -2.44. The van der Waals surface area contributed by atoms with Crippen molar-refractivity contribution in [2.24, 2.45) is 16.3 Å². The van der Waals surface area contributed by atoms with Gasteiger partial charge in [0.2, 0.25) is 0 Å². The Hall–Kier alpha value is -0.770. The van der Waals surface area contributed by atoms with Gasteiger partial charge in [0.1, 0.15) is 5.84 Å². The largest absolute Gasteiger partial charge is 0.409 e. The van der Waals surface area contributed by atoms with E-state index in [1.54, 1.807) is 0 Å². The fraction of sp³-hybridized carbons (Fsp3) is 0.929. The van der Waals surface area contributed by atoms with Crippen molar-refractivity contribution in [3.8, 4) is 0 Å². The second-order valence-electron chi connectivity index (χ2n) is 6.42. The Bertz CT molecular complexity index is 279. The lowest BCUT2D eigenvalue weighted by Gasteiger charge is -2.41. The van der Waals surface area contributed by atoms with Gasteiger partial charge in [-0.05, 0) is 44.6 Å². The van der Waals surface area contributed by atoms with E-state index in [0.29, 0.717) is 29.8 Å². The standard InChI is InChI=1S/C14H29N3O/c1-5-11(10-13(15)16-18)17(4)12-6-8-14(2,3)9-7-12/h11-12,18H,5-10H2,1-4H3,(H2,15,16). The molecule has 1 rings (SSSR count). The Morgan fingerprint density at radius 1 is 1.44 bits per heavy atom. The topological polar surface area (TPSA) is 61.9 Å². The highest BCUT2D eigenvalue weighted by Gasteiger charge is 2.31. The van der Waals surface area contributed by atoms with Crippen LogP contribution in [0, 0.1) is 5.41 Å². The van der Waals surface area contributed by atoms with Crippen molar-refractivity contribution >= 4 is 5.84 Å². The minimum absolute atomic E-state index is 0.338. The monoisotopic (exact) mass is 255 g/mol. The SMILES string of the molecule is CCC(CC(N)=NO)N(C)C1CCC(C)(C)CC1. The van der Waals surface area contributed by atoms with E-state index in [0.717, 1.165) is 6.42 Å². The van der Waals surface area contributed by atoms with Crippen molar-refractivity contribution in [3.05, 3.63) is 0 Å². The predicted molar refractivity (Wildman–Crippen MR) is 75.9 cm³/mol. The van der Waals surface area contributed by atoms with E-state index < -0.39 is 0 Å². The molecule has 0 amide bonds. The summed E-state index contributed by atoms with van der Waals surface area (Å²) in [5.41, 5.74) is 6.14. The number of rotatable bonds is 5. The van der Waals surface area contributed by atoms with Gasteiger partial charge in [0.05, 0.1) is 0 Å². The highest BCUT2D eigenvalue weighted by molar-refractivity contribution is 5.80. The molecule has 4 heteroatoms. The van der Waals surface area contributed by atoms with Gasteiger partial charge < -0.3 is 15.8 Å². The number of nitrogens with two attached hydrogens (primary N) is 1. The molecule has 1 aliphatic rings. The smallest absolute Gasteiger partial charge is 0.140 e. The summed E-state index contributed by atoms with van der Waals surface area (Å²) in [5.74, 6) is 0.338. The van der Waals surface area contributed by atoms with Crippen molar-refractivity contribution in [1.29, 1.82) is 0 Å². The quantitative estimate of drug-likeness (QED) is 0.344. The zero-order valence-corrected chi connectivity index (χ0v) is 12.3. The molecular formula is C14H29N3O. The van der Waals surface area contributed by atoms with Gasteiger partial charge >= 0.3 is 0 Å². The highest BCUT2D eigenvalue weighted by Crippen LogP contribution is 2.37. The molecule has 106 valence electrons. The minimum atomic E-state index is 0.338. The number of amidine groups is 1. The highest BCUT2D eigenvalue weighted by atomic mass is 16.4. The molecule has 1 aliphatic carbocycles. The van der Waals surface area contributed by atoms with Crippen molar-refractivity contribution in [2.75, 3.05) is 7.05 Å². The minimum Gasteiger partial charge on any atom is -0.409 e. The zero-order valence-electron chi connectivity index (χ0n) is 12.3. The van der Waals surface area contributed by atoms with Gasteiger partial charge in [0.25, 0.3) is 0 Å². The molecule has 0 heterocycles. The average molecular weight is 255 g/mol. The molecule has 0 radical (unpaired) electrons. The molecule has 1 atom stereocenters. The van der Waals surface area contributed by atoms with E-state index in [9.17, 15) is 0 Å². The summed E-state index contributed by atoms with van der Waals surface area (Å²) in [4.78, 5) is 2.44. The summed E-state index contributed by atoms with van der Waals surface area (Å²) in [6.45, 7) is 6.88. The molecule has 0 aromatic heterocycles. The summed E-state index contributed by atoms with van der Waals surface area (Å²) in [6.07, 6.45) is 6.80. The van der Waals surface area contributed by atoms with Crippen LogP contribution in [0.3, 0.4) is 0 Å². The maximum absolute atomic E-state index is 8.68. The normalized spacial score (nSPS) is 23.3. The molecule has 1 fully saturated rings. The van der Waals surface area contributed by atoms with Crippen LogP contribution in [0.5, 0.6) is 0 Å². The van der Waals surface area contributed by atoms with Crippen LogP contribution in [0.4, 0.5) is 0 Å². The summed E-state index contributed by atoms with van der Waals surface area (Å²) >= 11 is 0. The lowest BCUT2D eigenvalue weighted by atomic mass is 9.75. The van der Waals surface area contributed by atoms with Crippen LogP contribution < -0.4 is 5.73 Å². The third-order valence-electron chi connectivity index (χ3n) is 4.51. The van der Waals surface area contributed by atoms with Crippen molar-refractivity contribution < 1.29 is 5.21 Å². The van der Waals surface area contributed by atoms with Gasteiger partial charge in [0.15, 0.2) is 0 Å². The molecule has 0 aliphatic heterocycles. The molecule has 1 unspecified atom stereocenters. The molecule has 0 bridgehead atoms. The van der Waals surface area contributed by atoms with Crippen molar-refractivity contribution in [1.82, 2.24) is 4.90 Å². The van der Waals surface area contributed by atoms with Crippen molar-refractivity contribution in [3.63, 3.8) is 0 Å². The van der Waals surface area contributed by atoms with Gasteiger partial charge in [-0.2, -0.15) is 0 Å². The molecule has 0 spiro atoms. The molecule has 0 saturated heterocycles. The van der Waals surface area contributed by atoms with E-state index in [1.807, 2.05) is 0 Å². The first-order valence-electron chi connectivity index (χ1n) is 7.08. The fourth-order valence-corrected chi connectivity index (χ4v) is 2.95. The first-order valence-corrected chi connectivity index (χ1v) is 7.08. The van der Waals surface area contributed by atoms with Crippen LogP contribution in [0.25, 0.3) is 0 Å². The van der Waals surface area contributed by atoms with E-state index >= 15 is 0 Å². The summed E-state index contributed by atoms with van der Waals surface area (Å²) in [7, 11) is 2.18. The summed E-state index contributed by atoms with van der Waals surface area (Å²) < 4.78 is 0. The zero-order chi connectivity index (χ0) is 13.8. The predicted octanol–water partition coefficient (Wildman–Crippen LogP) is 2.80. The molecular weight excluding hydrogens is 226 g/mol. The van der Waals surface area contributed by atoms with Crippen LogP contribution in [-0.4, -0.2) is 35.1 Å². The third-order valence-corrected chi connectivity index (χ3v) is 4.51. The first kappa shape index (κ1) is 15.3. The lowest BCUT2D eigenvalue weighted by molar-refractivity contribution is 0.0943. The van der Waals surface area contributed by atoms with Crippen LogP contribution in [0.2, 0.25) is 0 Å². The van der Waals surface area contributed by atoms with Crippen LogP contribution >= 0.6 is 0 Å². The number of hydrogen-bond donors (Lipinski definition) is 2. The number of nitrogens with zero attached hydrogens (tertiary/aromatic N) is 2. The van der Waals surface area contributed by atoms with Crippen molar-refractivity contribution in [2.45, 2.75) is 71.4 Å². The molecule has 3 N–H and O–H groups in total. The first-order chi connectivity index (χ1) is 8.39. The Morgan fingerprint density at radius 3 is 2.44 bits per heavy atom. The van der Waals surface area contributed by atoms with Gasteiger partial charge in [-0.15, -0.1) is 0 Å². The molecule has 1 saturated carbocycles. The van der Waals surface area contributed by atoms with Crippen LogP contribution in [0.1, 0.15) is 59.3 Å². The second kappa shape index (κ2) is 6.41. The molecule has 18 heavy (non-hydrogen) atoms. The van der Waals surface area contributed by atoms with E-state index in [1.165, 1.54) is 25.7 Å². The van der Waals surface area contributed by atoms with Gasteiger partial charge in [-0.3, -0.25) is 0 Å². The molecule has 0 aromatic carbocycles. The van der Waals surface area contributed by atoms with E-state index in [2.05, 4.69) is 37.9 Å². The fourth-order valence-electron chi connectivity index (χ4n) is 2.95. The van der Waals surface area contributed by atoms with E-state index in [4.69, 9.17) is 10.9 Å².